The monoisotopic (exact) mass is 489 g/mol. The molecule has 1 aromatic carbocycles. The third kappa shape index (κ3) is 5.29. The van der Waals surface area contributed by atoms with Crippen molar-refractivity contribution in [2.75, 3.05) is 36.4 Å². The van der Waals surface area contributed by atoms with Gasteiger partial charge in [0, 0.05) is 30.3 Å². The third-order valence-corrected chi connectivity index (χ3v) is 6.61. The van der Waals surface area contributed by atoms with Crippen molar-refractivity contribution in [2.24, 2.45) is 0 Å². The van der Waals surface area contributed by atoms with Gasteiger partial charge in [0.25, 0.3) is 0 Å². The molecule has 3 aromatic rings. The van der Waals surface area contributed by atoms with Crippen molar-refractivity contribution >= 4 is 33.3 Å². The first-order chi connectivity index (χ1) is 15.6. The lowest BCUT2D eigenvalue weighted by atomic mass is 10.0. The Balaban J connectivity index is 1.84. The maximum absolute atomic E-state index is 11.9. The molecule has 0 unspecified atom stereocenters. The van der Waals surface area contributed by atoms with Crippen LogP contribution in [0, 0.1) is 6.92 Å². The molecular formula is C22H28ClN7O2S. The Bertz CT molecular complexity index is 1290. The number of aromatic amines is 1. The molecule has 1 fully saturated rings. The van der Waals surface area contributed by atoms with Gasteiger partial charge in [-0.15, -0.1) is 0 Å². The maximum Gasteiger partial charge on any atom is 0.229 e. The summed E-state index contributed by atoms with van der Waals surface area (Å²) >= 11 is 6.70. The van der Waals surface area contributed by atoms with Crippen molar-refractivity contribution in [1.29, 1.82) is 0 Å². The van der Waals surface area contributed by atoms with Crippen molar-refractivity contribution in [3.05, 3.63) is 40.8 Å². The Labute approximate surface area is 198 Å². The van der Waals surface area contributed by atoms with Gasteiger partial charge in [0.1, 0.15) is 5.82 Å². The Morgan fingerprint density at radius 3 is 2.64 bits per heavy atom. The number of H-pyrrole nitrogens is 1. The van der Waals surface area contributed by atoms with Crippen LogP contribution >= 0.6 is 11.6 Å². The number of likely N-dealkylation sites (N-methyl/N-ethyl adjacent to an activating group) is 1. The summed E-state index contributed by atoms with van der Waals surface area (Å²) in [4.78, 5) is 17.4. The molecule has 0 radical (unpaired) electrons. The van der Waals surface area contributed by atoms with Crippen LogP contribution in [0.4, 0.5) is 11.6 Å². The zero-order valence-electron chi connectivity index (χ0n) is 19.1. The van der Waals surface area contributed by atoms with Gasteiger partial charge in [-0.05, 0) is 50.6 Å². The summed E-state index contributed by atoms with van der Waals surface area (Å²) in [7, 11) is -1.62. The molecule has 0 atom stereocenters. The van der Waals surface area contributed by atoms with Crippen LogP contribution in [0.15, 0.2) is 24.4 Å². The molecule has 2 heterocycles. The largest absolute Gasteiger partial charge is 0.353 e. The van der Waals surface area contributed by atoms with Crippen LogP contribution in [0.3, 0.4) is 0 Å². The Morgan fingerprint density at radius 2 is 1.97 bits per heavy atom. The molecular weight excluding hydrogens is 462 g/mol. The number of nitrogens with zero attached hydrogens (tertiary/aromatic N) is 3. The second-order valence-corrected chi connectivity index (χ2v) is 10.8. The quantitative estimate of drug-likeness (QED) is 0.339. The lowest BCUT2D eigenvalue weighted by Gasteiger charge is -2.12. The number of aryl methyl sites for hydroxylation is 1. The summed E-state index contributed by atoms with van der Waals surface area (Å²) in [6, 6.07) is 5.43. The average molecular weight is 490 g/mol. The Kier molecular flexibility index (Phi) is 6.35. The maximum atomic E-state index is 11.9. The minimum absolute atomic E-state index is 0.0158. The molecule has 0 saturated heterocycles. The lowest BCUT2D eigenvalue weighted by Crippen LogP contribution is -2.18. The fraction of sp³-hybridized carbons (Fsp3) is 0.409. The van der Waals surface area contributed by atoms with Crippen LogP contribution in [-0.4, -0.2) is 54.7 Å². The second-order valence-electron chi connectivity index (χ2n) is 8.71. The number of benzene rings is 1. The van der Waals surface area contributed by atoms with Crippen molar-refractivity contribution < 1.29 is 8.42 Å². The number of halogens is 1. The van der Waals surface area contributed by atoms with Gasteiger partial charge in [0.2, 0.25) is 16.0 Å². The second kappa shape index (κ2) is 8.92. The van der Waals surface area contributed by atoms with Gasteiger partial charge in [-0.3, -0.25) is 4.72 Å². The fourth-order valence-electron chi connectivity index (χ4n) is 3.56. The molecule has 4 rings (SSSR count). The van der Waals surface area contributed by atoms with E-state index >= 15 is 0 Å². The number of imidazole rings is 1. The lowest BCUT2D eigenvalue weighted by molar-refractivity contribution is 0.607. The summed E-state index contributed by atoms with van der Waals surface area (Å²) in [5, 5.41) is 6.56. The van der Waals surface area contributed by atoms with Crippen molar-refractivity contribution in [3.63, 3.8) is 0 Å². The van der Waals surface area contributed by atoms with Crippen molar-refractivity contribution in [2.45, 2.75) is 32.1 Å². The Hall–Kier alpha value is -2.69. The average Bonchev–Trinajstić information content (AvgIpc) is 3.33. The molecule has 1 aliphatic carbocycles. The van der Waals surface area contributed by atoms with Crippen LogP contribution in [-0.2, 0) is 15.4 Å². The summed E-state index contributed by atoms with van der Waals surface area (Å²) in [5.74, 6) is 1.38. The highest BCUT2D eigenvalue weighted by molar-refractivity contribution is 7.92. The summed E-state index contributed by atoms with van der Waals surface area (Å²) in [6.45, 7) is 5.51. The Morgan fingerprint density at radius 1 is 1.21 bits per heavy atom. The zero-order chi connectivity index (χ0) is 23.8. The first-order valence-electron chi connectivity index (χ1n) is 10.7. The number of hydrogen-bond donors (Lipinski definition) is 4. The number of hydrogen-bond acceptors (Lipinski definition) is 7. The van der Waals surface area contributed by atoms with Gasteiger partial charge < -0.3 is 15.6 Å². The smallest absolute Gasteiger partial charge is 0.229 e. The highest BCUT2D eigenvalue weighted by Gasteiger charge is 2.42. The van der Waals surface area contributed by atoms with E-state index in [0.29, 0.717) is 35.1 Å². The zero-order valence-corrected chi connectivity index (χ0v) is 20.7. The van der Waals surface area contributed by atoms with E-state index in [1.807, 2.05) is 26.1 Å². The van der Waals surface area contributed by atoms with Gasteiger partial charge in [-0.25, -0.2) is 23.4 Å². The first-order valence-corrected chi connectivity index (χ1v) is 13.0. The predicted molar refractivity (Wildman–Crippen MR) is 132 cm³/mol. The van der Waals surface area contributed by atoms with Gasteiger partial charge in [0.05, 0.1) is 34.0 Å². The number of aromatic nitrogens is 4. The fourth-order valence-corrected chi connectivity index (χ4v) is 4.42. The minimum Gasteiger partial charge on any atom is -0.353 e. The van der Waals surface area contributed by atoms with E-state index in [4.69, 9.17) is 16.6 Å². The highest BCUT2D eigenvalue weighted by atomic mass is 35.5. The molecule has 176 valence electrons. The highest BCUT2D eigenvalue weighted by Crippen LogP contribution is 2.48. The van der Waals surface area contributed by atoms with Crippen LogP contribution < -0.4 is 15.4 Å². The van der Waals surface area contributed by atoms with Crippen molar-refractivity contribution in [3.8, 4) is 22.6 Å². The third-order valence-electron chi connectivity index (χ3n) is 5.61. The van der Waals surface area contributed by atoms with Gasteiger partial charge in [-0.2, -0.15) is 0 Å². The van der Waals surface area contributed by atoms with E-state index in [0.717, 1.165) is 42.7 Å². The van der Waals surface area contributed by atoms with E-state index in [2.05, 4.69) is 37.2 Å². The standard InChI is InChI=1S/C22H28ClN7O2S/c1-13-11-14(17(23)16(12-13)30-33(4,31)32)18-19(29-20(28-18)22(2)6-7-22)15-5-8-25-21(27-15)26-10-9-24-3/h5,8,11-12,24,30H,6-7,9-10H2,1-4H3,(H,28,29)(H,25,26,27). The van der Waals surface area contributed by atoms with E-state index in [1.165, 1.54) is 0 Å². The molecule has 2 aromatic heterocycles. The molecule has 0 amide bonds. The number of rotatable bonds is 9. The SMILES string of the molecule is CNCCNc1nccc(-c2[nH]c(C3(C)CC3)nc2-c2cc(C)cc(NS(C)(=O)=O)c2Cl)n1. The summed E-state index contributed by atoms with van der Waals surface area (Å²) in [6.07, 6.45) is 4.88. The van der Waals surface area contributed by atoms with Gasteiger partial charge >= 0.3 is 0 Å². The van der Waals surface area contributed by atoms with Crippen LogP contribution in [0.5, 0.6) is 0 Å². The number of sulfonamides is 1. The molecule has 0 bridgehead atoms. The van der Waals surface area contributed by atoms with Crippen LogP contribution in [0.2, 0.25) is 5.02 Å². The van der Waals surface area contributed by atoms with E-state index in [9.17, 15) is 8.42 Å². The van der Waals surface area contributed by atoms with Crippen LogP contribution in [0.1, 0.15) is 31.2 Å². The van der Waals surface area contributed by atoms with E-state index < -0.39 is 10.0 Å². The number of anilines is 2. The van der Waals surface area contributed by atoms with Crippen molar-refractivity contribution in [1.82, 2.24) is 25.3 Å². The molecule has 1 saturated carbocycles. The normalized spacial score (nSPS) is 14.8. The van der Waals surface area contributed by atoms with Gasteiger partial charge in [0.15, 0.2) is 0 Å². The molecule has 11 heteroatoms. The van der Waals surface area contributed by atoms with E-state index in [1.54, 1.807) is 12.3 Å². The molecule has 0 spiro atoms. The molecule has 4 N–H and O–H groups in total. The first kappa shape index (κ1) is 23.5. The summed E-state index contributed by atoms with van der Waals surface area (Å²) < 4.78 is 26.2. The summed E-state index contributed by atoms with van der Waals surface area (Å²) in [5.41, 5.74) is 3.80. The van der Waals surface area contributed by atoms with Gasteiger partial charge in [-0.1, -0.05) is 18.5 Å². The predicted octanol–water partition coefficient (Wildman–Crippen LogP) is 3.55. The molecule has 0 aliphatic heterocycles. The van der Waals surface area contributed by atoms with E-state index in [-0.39, 0.29) is 10.4 Å². The number of nitrogens with one attached hydrogen (secondary N) is 4. The molecule has 1 aliphatic rings. The topological polar surface area (TPSA) is 125 Å². The molecule has 9 nitrogen and oxygen atoms in total. The minimum atomic E-state index is -3.50. The van der Waals surface area contributed by atoms with Crippen LogP contribution in [0.25, 0.3) is 22.6 Å². The molecule has 33 heavy (non-hydrogen) atoms.